The fraction of sp³-hybridized carbons (Fsp3) is 0.423. The first kappa shape index (κ1) is 27.1. The van der Waals surface area contributed by atoms with Crippen LogP contribution < -0.4 is 5.32 Å². The Morgan fingerprint density at radius 2 is 1.95 bits per heavy atom. The van der Waals surface area contributed by atoms with E-state index in [4.69, 9.17) is 0 Å². The molecule has 0 bridgehead atoms. The molecule has 1 N–H and O–H groups in total. The first-order valence-corrected chi connectivity index (χ1v) is 12.4. The molecule has 0 atom stereocenters. The molecule has 202 valence electrons. The summed E-state index contributed by atoms with van der Waals surface area (Å²) < 4.78 is 40.0. The Morgan fingerprint density at radius 3 is 2.61 bits per heavy atom. The molecule has 12 heteroatoms. The van der Waals surface area contributed by atoms with Gasteiger partial charge < -0.3 is 15.1 Å². The van der Waals surface area contributed by atoms with Gasteiger partial charge in [-0.05, 0) is 37.5 Å². The number of nitrogens with one attached hydrogen (secondary N) is 1. The Kier molecular flexibility index (Phi) is 8.28. The molecule has 2 fully saturated rings. The summed E-state index contributed by atoms with van der Waals surface area (Å²) in [6.07, 6.45) is 4.94. The molecule has 0 spiro atoms. The van der Waals surface area contributed by atoms with Gasteiger partial charge in [0.25, 0.3) is 5.91 Å². The second kappa shape index (κ2) is 11.6. The summed E-state index contributed by atoms with van der Waals surface area (Å²) in [7, 11) is 0. The lowest BCUT2D eigenvalue weighted by Gasteiger charge is -2.36. The SMILES string of the molecule is C=Cc1cn(CC(=O)N2CCC(N3CCCC3=O)CC2)nc1/C=C\CNC(=O)c1cccc(C(F)(F)F)n1. The minimum atomic E-state index is -4.64. The van der Waals surface area contributed by atoms with Crippen molar-refractivity contribution in [3.05, 3.63) is 59.7 Å². The van der Waals surface area contributed by atoms with Crippen molar-refractivity contribution >= 4 is 29.9 Å². The molecule has 0 aliphatic carbocycles. The summed E-state index contributed by atoms with van der Waals surface area (Å²) in [4.78, 5) is 44.1. The minimum absolute atomic E-state index is 0.0353. The molecule has 9 nitrogen and oxygen atoms in total. The predicted molar refractivity (Wildman–Crippen MR) is 133 cm³/mol. The van der Waals surface area contributed by atoms with E-state index >= 15 is 0 Å². The number of piperidine rings is 1. The molecule has 2 aliphatic rings. The molecule has 0 aromatic carbocycles. The monoisotopic (exact) mass is 530 g/mol. The average Bonchev–Trinajstić information content (AvgIpc) is 3.51. The number of pyridine rings is 1. The number of amides is 3. The number of aromatic nitrogens is 3. The lowest BCUT2D eigenvalue weighted by Crippen LogP contribution is -2.47. The third-order valence-electron chi connectivity index (χ3n) is 6.63. The van der Waals surface area contributed by atoms with Gasteiger partial charge in [-0.25, -0.2) is 4.98 Å². The highest BCUT2D eigenvalue weighted by molar-refractivity contribution is 5.92. The number of halogens is 3. The van der Waals surface area contributed by atoms with Gasteiger partial charge in [-0.1, -0.05) is 24.8 Å². The second-order valence-electron chi connectivity index (χ2n) is 9.19. The first-order valence-electron chi connectivity index (χ1n) is 12.4. The molecule has 4 heterocycles. The number of alkyl halides is 3. The molecule has 38 heavy (non-hydrogen) atoms. The van der Waals surface area contributed by atoms with Crippen LogP contribution >= 0.6 is 0 Å². The topological polar surface area (TPSA) is 100 Å². The van der Waals surface area contributed by atoms with Crippen molar-refractivity contribution in [1.29, 1.82) is 0 Å². The van der Waals surface area contributed by atoms with Gasteiger partial charge in [-0.3, -0.25) is 19.1 Å². The fourth-order valence-corrected chi connectivity index (χ4v) is 4.67. The summed E-state index contributed by atoms with van der Waals surface area (Å²) in [5.41, 5.74) is -0.252. The van der Waals surface area contributed by atoms with E-state index in [0.717, 1.165) is 37.9 Å². The van der Waals surface area contributed by atoms with E-state index in [-0.39, 0.29) is 36.6 Å². The van der Waals surface area contributed by atoms with Crippen molar-refractivity contribution in [2.24, 2.45) is 0 Å². The van der Waals surface area contributed by atoms with E-state index in [1.165, 1.54) is 10.7 Å². The molecular formula is C26H29F3N6O3. The van der Waals surface area contributed by atoms with Crippen LogP contribution in [0.2, 0.25) is 0 Å². The van der Waals surface area contributed by atoms with Crippen LogP contribution in [0.15, 0.2) is 37.1 Å². The standard InChI is InChI=1S/C26H29F3N6O3/c1-2-18-16-34(17-24(37)33-14-10-19(11-15-33)35-13-5-9-23(35)36)32-20(18)7-4-12-30-25(38)21-6-3-8-22(31-21)26(27,28)29/h2-4,6-8,16,19H,1,5,9-15,17H2,(H,30,38)/b7-4-. The Bertz CT molecular complexity index is 1230. The number of carbonyl (C=O) groups excluding carboxylic acids is 3. The van der Waals surface area contributed by atoms with Crippen molar-refractivity contribution in [3.63, 3.8) is 0 Å². The normalized spacial score (nSPS) is 16.9. The number of nitrogens with zero attached hydrogens (tertiary/aromatic N) is 5. The first-order chi connectivity index (χ1) is 18.2. The zero-order chi connectivity index (χ0) is 27.3. The molecule has 4 rings (SSSR count). The highest BCUT2D eigenvalue weighted by Gasteiger charge is 2.33. The van der Waals surface area contributed by atoms with Gasteiger partial charge in [0.15, 0.2) is 0 Å². The maximum absolute atomic E-state index is 12.8. The highest BCUT2D eigenvalue weighted by Crippen LogP contribution is 2.27. The largest absolute Gasteiger partial charge is 0.433 e. The van der Waals surface area contributed by atoms with Gasteiger partial charge in [0.1, 0.15) is 17.9 Å². The van der Waals surface area contributed by atoms with Crippen LogP contribution in [0.5, 0.6) is 0 Å². The number of likely N-dealkylation sites (tertiary alicyclic amines) is 2. The quantitative estimate of drug-likeness (QED) is 0.566. The van der Waals surface area contributed by atoms with E-state index in [1.54, 1.807) is 29.3 Å². The molecule has 2 saturated heterocycles. The van der Waals surface area contributed by atoms with E-state index in [9.17, 15) is 27.6 Å². The van der Waals surface area contributed by atoms with Crippen molar-refractivity contribution in [2.45, 2.75) is 44.4 Å². The van der Waals surface area contributed by atoms with Gasteiger partial charge >= 0.3 is 6.18 Å². The highest BCUT2D eigenvalue weighted by atomic mass is 19.4. The maximum Gasteiger partial charge on any atom is 0.433 e. The second-order valence-corrected chi connectivity index (χ2v) is 9.19. The number of rotatable bonds is 8. The van der Waals surface area contributed by atoms with Crippen molar-refractivity contribution in [2.75, 3.05) is 26.2 Å². The molecule has 2 aromatic rings. The van der Waals surface area contributed by atoms with Crippen LogP contribution in [0.1, 0.15) is 53.1 Å². The lowest BCUT2D eigenvalue weighted by molar-refractivity contribution is -0.141. The smallest absolute Gasteiger partial charge is 0.347 e. The van der Waals surface area contributed by atoms with Gasteiger partial charge in [0.05, 0.1) is 5.69 Å². The summed E-state index contributed by atoms with van der Waals surface area (Å²) in [6, 6.07) is 3.33. The Hall–Kier alpha value is -3.96. The van der Waals surface area contributed by atoms with E-state index in [1.807, 2.05) is 4.90 Å². The minimum Gasteiger partial charge on any atom is -0.347 e. The zero-order valence-electron chi connectivity index (χ0n) is 20.8. The van der Waals surface area contributed by atoms with Crippen LogP contribution in [-0.2, 0) is 22.3 Å². The van der Waals surface area contributed by atoms with Crippen molar-refractivity contribution < 1.29 is 27.6 Å². The number of hydrogen-bond donors (Lipinski definition) is 1. The van der Waals surface area contributed by atoms with Crippen LogP contribution in [-0.4, -0.2) is 74.5 Å². The van der Waals surface area contributed by atoms with Crippen molar-refractivity contribution in [3.8, 4) is 0 Å². The van der Waals surface area contributed by atoms with Gasteiger partial charge in [-0.15, -0.1) is 0 Å². The van der Waals surface area contributed by atoms with E-state index < -0.39 is 17.8 Å². The summed E-state index contributed by atoms with van der Waals surface area (Å²) in [6.45, 7) is 5.85. The van der Waals surface area contributed by atoms with Gasteiger partial charge in [0, 0.05) is 50.4 Å². The van der Waals surface area contributed by atoms with Crippen LogP contribution in [0.3, 0.4) is 0 Å². The molecule has 0 unspecified atom stereocenters. The fourth-order valence-electron chi connectivity index (χ4n) is 4.67. The zero-order valence-corrected chi connectivity index (χ0v) is 20.8. The molecular weight excluding hydrogens is 501 g/mol. The predicted octanol–water partition coefficient (Wildman–Crippen LogP) is 3.00. The summed E-state index contributed by atoms with van der Waals surface area (Å²) in [5, 5.41) is 6.92. The van der Waals surface area contributed by atoms with E-state index in [0.29, 0.717) is 30.8 Å². The molecule has 0 radical (unpaired) electrons. The maximum atomic E-state index is 12.8. The van der Waals surface area contributed by atoms with Crippen LogP contribution in [0, 0.1) is 0 Å². The number of hydrogen-bond acceptors (Lipinski definition) is 5. The molecule has 2 aromatic heterocycles. The van der Waals surface area contributed by atoms with Gasteiger partial charge in [-0.2, -0.15) is 18.3 Å². The molecule has 0 saturated carbocycles. The third kappa shape index (κ3) is 6.48. The Morgan fingerprint density at radius 1 is 1.18 bits per heavy atom. The van der Waals surface area contributed by atoms with Gasteiger partial charge in [0.2, 0.25) is 11.8 Å². The summed E-state index contributed by atoms with van der Waals surface area (Å²) >= 11 is 0. The van der Waals surface area contributed by atoms with Crippen molar-refractivity contribution in [1.82, 2.24) is 29.9 Å². The Balaban J connectivity index is 1.28. The molecule has 2 aliphatic heterocycles. The van der Waals surface area contributed by atoms with Crippen LogP contribution in [0.25, 0.3) is 12.2 Å². The Labute approximate surface area is 218 Å². The number of carbonyl (C=O) groups is 3. The third-order valence-corrected chi connectivity index (χ3v) is 6.63. The average molecular weight is 531 g/mol. The molecule has 3 amide bonds. The summed E-state index contributed by atoms with van der Waals surface area (Å²) in [5.74, 6) is -0.597. The lowest BCUT2D eigenvalue weighted by atomic mass is 10.0. The van der Waals surface area contributed by atoms with Crippen LogP contribution in [0.4, 0.5) is 13.2 Å². The van der Waals surface area contributed by atoms with E-state index in [2.05, 4.69) is 22.0 Å².